The van der Waals surface area contributed by atoms with E-state index in [0.717, 1.165) is 12.8 Å². The summed E-state index contributed by atoms with van der Waals surface area (Å²) in [6, 6.07) is 7.19. The van der Waals surface area contributed by atoms with Crippen LogP contribution in [0.4, 0.5) is 0 Å². The van der Waals surface area contributed by atoms with Crippen molar-refractivity contribution < 1.29 is 14.3 Å². The second-order valence-corrected chi connectivity index (χ2v) is 7.16. The molecule has 1 atom stereocenters. The van der Waals surface area contributed by atoms with Crippen molar-refractivity contribution in [1.82, 2.24) is 4.90 Å². The van der Waals surface area contributed by atoms with Crippen LogP contribution in [0.3, 0.4) is 0 Å². The van der Waals surface area contributed by atoms with Crippen molar-refractivity contribution in [2.45, 2.75) is 44.2 Å². The first-order valence-corrected chi connectivity index (χ1v) is 9.40. The minimum Gasteiger partial charge on any atom is -0.497 e. The molecule has 0 aliphatic carbocycles. The van der Waals surface area contributed by atoms with Crippen molar-refractivity contribution in [3.8, 4) is 18.1 Å². The quantitative estimate of drug-likeness (QED) is 0.522. The first kappa shape index (κ1) is 19.1. The van der Waals surface area contributed by atoms with E-state index in [4.69, 9.17) is 11.2 Å². The Morgan fingerprint density at radius 3 is 2.89 bits per heavy atom. The van der Waals surface area contributed by atoms with E-state index in [-0.39, 0.29) is 17.6 Å². The van der Waals surface area contributed by atoms with Crippen LogP contribution in [0.1, 0.15) is 48.9 Å². The first-order valence-electron chi connectivity index (χ1n) is 9.40. The molecule has 0 radical (unpaired) electrons. The fourth-order valence-corrected chi connectivity index (χ4v) is 3.56. The van der Waals surface area contributed by atoms with Gasteiger partial charge in [-0.15, -0.1) is 12.3 Å². The van der Waals surface area contributed by atoms with E-state index < -0.39 is 5.66 Å². The fraction of sp³-hybridized carbons (Fsp3) is 0.524. The molecule has 0 N–H and O–H groups in total. The van der Waals surface area contributed by atoms with Crippen molar-refractivity contribution >= 4 is 11.7 Å². The zero-order valence-corrected chi connectivity index (χ0v) is 15.7. The van der Waals surface area contributed by atoms with Gasteiger partial charge in [0.05, 0.1) is 7.11 Å². The number of likely N-dealkylation sites (tertiary alicyclic amines) is 1. The number of carbonyl (C=O) groups is 2. The van der Waals surface area contributed by atoms with Crippen molar-refractivity contribution in [2.24, 2.45) is 16.1 Å². The maximum absolute atomic E-state index is 12.8. The highest BCUT2D eigenvalue weighted by Gasteiger charge is 2.40. The highest BCUT2D eigenvalue weighted by atomic mass is 16.5. The van der Waals surface area contributed by atoms with Gasteiger partial charge in [0.2, 0.25) is 5.91 Å². The number of hydrogen-bond donors (Lipinski definition) is 0. The highest BCUT2D eigenvalue weighted by Crippen LogP contribution is 2.38. The van der Waals surface area contributed by atoms with Crippen LogP contribution in [0.2, 0.25) is 0 Å². The van der Waals surface area contributed by atoms with Crippen LogP contribution < -0.4 is 4.74 Å². The summed E-state index contributed by atoms with van der Waals surface area (Å²) in [5.41, 5.74) is 0.200. The maximum atomic E-state index is 12.8. The number of benzene rings is 1. The van der Waals surface area contributed by atoms with Gasteiger partial charge in [-0.3, -0.25) is 9.59 Å². The molecule has 1 aromatic carbocycles. The third-order valence-electron chi connectivity index (χ3n) is 5.29. The van der Waals surface area contributed by atoms with Gasteiger partial charge in [-0.2, -0.15) is 10.2 Å². The lowest BCUT2D eigenvalue weighted by atomic mass is 9.89. The van der Waals surface area contributed by atoms with Gasteiger partial charge < -0.3 is 9.64 Å². The zero-order chi connectivity index (χ0) is 19.3. The van der Waals surface area contributed by atoms with E-state index in [0.29, 0.717) is 50.1 Å². The van der Waals surface area contributed by atoms with Gasteiger partial charge >= 0.3 is 0 Å². The SMILES string of the molecule is C#CCCC1(CCC(=O)N2CCCC(C(=O)c3cccc(OC)c3)C2)N=N1. The molecular formula is C21H25N3O3. The molecule has 1 fully saturated rings. The second kappa shape index (κ2) is 8.34. The van der Waals surface area contributed by atoms with Crippen LogP contribution in [-0.4, -0.2) is 42.5 Å². The monoisotopic (exact) mass is 367 g/mol. The Kier molecular flexibility index (Phi) is 5.90. The summed E-state index contributed by atoms with van der Waals surface area (Å²) in [6.07, 6.45) is 9.23. The van der Waals surface area contributed by atoms with Gasteiger partial charge in [-0.25, -0.2) is 0 Å². The summed E-state index contributed by atoms with van der Waals surface area (Å²) in [6.45, 7) is 1.17. The molecule has 1 aromatic rings. The smallest absolute Gasteiger partial charge is 0.222 e. The van der Waals surface area contributed by atoms with Crippen molar-refractivity contribution in [3.63, 3.8) is 0 Å². The summed E-state index contributed by atoms with van der Waals surface area (Å²) < 4.78 is 5.20. The largest absolute Gasteiger partial charge is 0.497 e. The number of Topliss-reactive ketones (excluding diaryl/α,β-unsaturated/α-hetero) is 1. The lowest BCUT2D eigenvalue weighted by molar-refractivity contribution is -0.132. The molecule has 0 aromatic heterocycles. The number of amides is 1. The van der Waals surface area contributed by atoms with E-state index in [2.05, 4.69) is 16.1 Å². The minimum absolute atomic E-state index is 0.0653. The molecule has 2 aliphatic heterocycles. The van der Waals surface area contributed by atoms with E-state index >= 15 is 0 Å². The Labute approximate surface area is 160 Å². The highest BCUT2D eigenvalue weighted by molar-refractivity contribution is 5.98. The van der Waals surface area contributed by atoms with Crippen LogP contribution >= 0.6 is 0 Å². The molecule has 142 valence electrons. The van der Waals surface area contributed by atoms with E-state index in [1.807, 2.05) is 17.0 Å². The van der Waals surface area contributed by atoms with Crippen LogP contribution in [-0.2, 0) is 4.79 Å². The van der Waals surface area contributed by atoms with Crippen molar-refractivity contribution in [1.29, 1.82) is 0 Å². The number of piperidine rings is 1. The molecule has 1 saturated heterocycles. The minimum atomic E-state index is -0.437. The van der Waals surface area contributed by atoms with Gasteiger partial charge in [0.1, 0.15) is 5.75 Å². The number of ether oxygens (including phenoxy) is 1. The molecule has 0 bridgehead atoms. The van der Waals surface area contributed by atoms with Crippen molar-refractivity contribution in [3.05, 3.63) is 29.8 Å². The zero-order valence-electron chi connectivity index (χ0n) is 15.7. The predicted octanol–water partition coefficient (Wildman–Crippen LogP) is 3.47. The summed E-state index contributed by atoms with van der Waals surface area (Å²) in [7, 11) is 1.58. The molecular weight excluding hydrogens is 342 g/mol. The number of carbonyl (C=O) groups excluding carboxylic acids is 2. The second-order valence-electron chi connectivity index (χ2n) is 7.16. The predicted molar refractivity (Wildman–Crippen MR) is 102 cm³/mol. The Hall–Kier alpha value is -2.68. The molecule has 27 heavy (non-hydrogen) atoms. The van der Waals surface area contributed by atoms with Crippen LogP contribution in [0, 0.1) is 18.3 Å². The number of rotatable bonds is 8. The number of nitrogens with zero attached hydrogens (tertiary/aromatic N) is 3. The number of terminal acetylenes is 1. The summed E-state index contributed by atoms with van der Waals surface area (Å²) in [5.74, 6) is 3.23. The molecule has 2 heterocycles. The van der Waals surface area contributed by atoms with Gasteiger partial charge in [0.25, 0.3) is 0 Å². The first-order chi connectivity index (χ1) is 13.1. The van der Waals surface area contributed by atoms with Crippen LogP contribution in [0.25, 0.3) is 0 Å². The Balaban J connectivity index is 1.55. The van der Waals surface area contributed by atoms with Gasteiger partial charge in [-0.1, -0.05) is 12.1 Å². The molecule has 2 aliphatic rings. The molecule has 0 spiro atoms. The number of hydrogen-bond acceptors (Lipinski definition) is 5. The van der Waals surface area contributed by atoms with Gasteiger partial charge in [0, 0.05) is 50.3 Å². The topological polar surface area (TPSA) is 71.3 Å². The molecule has 1 amide bonds. The normalized spacial score (nSPS) is 20.0. The van der Waals surface area contributed by atoms with Gasteiger partial charge in [0.15, 0.2) is 11.4 Å². The lowest BCUT2D eigenvalue weighted by Crippen LogP contribution is -2.42. The number of ketones is 1. The van der Waals surface area contributed by atoms with Gasteiger partial charge in [-0.05, 0) is 25.0 Å². The fourth-order valence-electron chi connectivity index (χ4n) is 3.56. The van der Waals surface area contributed by atoms with E-state index in [1.54, 1.807) is 19.2 Å². The summed E-state index contributed by atoms with van der Waals surface area (Å²) in [4.78, 5) is 27.3. The third-order valence-corrected chi connectivity index (χ3v) is 5.29. The number of methoxy groups -OCH3 is 1. The lowest BCUT2D eigenvalue weighted by Gasteiger charge is -2.32. The Morgan fingerprint density at radius 2 is 2.19 bits per heavy atom. The molecule has 1 unspecified atom stereocenters. The summed E-state index contributed by atoms with van der Waals surface area (Å²) >= 11 is 0. The standard InChI is InChI=1S/C21H25N3O3/c1-3-4-11-21(22-23-21)12-10-19(25)24-13-6-8-17(15-24)20(26)16-7-5-9-18(14-16)27-2/h1,5,7,9,14,17H,4,6,8,10-13,15H2,2H3. The molecule has 3 rings (SSSR count). The maximum Gasteiger partial charge on any atom is 0.222 e. The van der Waals surface area contributed by atoms with Crippen LogP contribution in [0.15, 0.2) is 34.5 Å². The average Bonchev–Trinajstić information content (AvgIpc) is 3.50. The van der Waals surface area contributed by atoms with E-state index in [1.165, 1.54) is 0 Å². The van der Waals surface area contributed by atoms with E-state index in [9.17, 15) is 9.59 Å². The summed E-state index contributed by atoms with van der Waals surface area (Å²) in [5, 5.41) is 8.16. The van der Waals surface area contributed by atoms with Crippen molar-refractivity contribution in [2.75, 3.05) is 20.2 Å². The third kappa shape index (κ3) is 4.73. The average molecular weight is 367 g/mol. The Bertz CT molecular complexity index is 775. The Morgan fingerprint density at radius 1 is 1.37 bits per heavy atom. The van der Waals surface area contributed by atoms with Crippen LogP contribution in [0.5, 0.6) is 5.75 Å². The molecule has 6 heteroatoms. The molecule has 0 saturated carbocycles. The molecule has 6 nitrogen and oxygen atoms in total.